The van der Waals surface area contributed by atoms with E-state index in [-0.39, 0.29) is 6.10 Å². The summed E-state index contributed by atoms with van der Waals surface area (Å²) in [5.41, 5.74) is 0. The summed E-state index contributed by atoms with van der Waals surface area (Å²) in [6, 6.07) is 2.39. The first-order chi connectivity index (χ1) is 13.7. The van der Waals surface area contributed by atoms with Gasteiger partial charge in [0.25, 0.3) is 0 Å². The van der Waals surface area contributed by atoms with E-state index in [0.29, 0.717) is 17.9 Å². The second kappa shape index (κ2) is 8.86. The predicted molar refractivity (Wildman–Crippen MR) is 108 cm³/mol. The third kappa shape index (κ3) is 4.60. The first kappa shape index (κ1) is 19.1. The van der Waals surface area contributed by atoms with Gasteiger partial charge in [0.2, 0.25) is 0 Å². The van der Waals surface area contributed by atoms with E-state index in [2.05, 4.69) is 50.4 Å². The van der Waals surface area contributed by atoms with Crippen LogP contribution in [0.25, 0.3) is 0 Å². The standard InChI is InChI=1S/C20H31N7O/c1-15(2)20-17(6-4-10-28-20)24-18-11-19(22-14-21-18)26-8-3-5-16(12-26)13-27-9-7-23-25-27/h7,9,11,14-17,20H,3-6,8,10,12-13H2,1-2H3,(H,21,22,24). The van der Waals surface area contributed by atoms with E-state index in [1.807, 2.05) is 10.9 Å². The molecule has 2 saturated heterocycles. The molecule has 8 heteroatoms. The summed E-state index contributed by atoms with van der Waals surface area (Å²) < 4.78 is 7.93. The van der Waals surface area contributed by atoms with Crippen LogP contribution in [0.5, 0.6) is 0 Å². The second-order valence-corrected chi connectivity index (χ2v) is 8.31. The van der Waals surface area contributed by atoms with Crippen LogP contribution in [0.3, 0.4) is 0 Å². The van der Waals surface area contributed by atoms with E-state index in [9.17, 15) is 0 Å². The Hall–Kier alpha value is -2.22. The van der Waals surface area contributed by atoms with Gasteiger partial charge in [-0.25, -0.2) is 9.97 Å². The number of nitrogens with zero attached hydrogens (tertiary/aromatic N) is 6. The highest BCUT2D eigenvalue weighted by Crippen LogP contribution is 2.26. The van der Waals surface area contributed by atoms with Crippen LogP contribution in [-0.2, 0) is 11.3 Å². The van der Waals surface area contributed by atoms with Crippen molar-refractivity contribution in [1.29, 1.82) is 0 Å². The minimum atomic E-state index is 0.231. The molecule has 2 aliphatic rings. The van der Waals surface area contributed by atoms with E-state index < -0.39 is 0 Å². The van der Waals surface area contributed by atoms with Gasteiger partial charge >= 0.3 is 0 Å². The molecule has 0 bridgehead atoms. The highest BCUT2D eigenvalue weighted by Gasteiger charge is 2.29. The molecule has 2 aliphatic heterocycles. The Balaban J connectivity index is 1.41. The molecular formula is C20H31N7O. The molecule has 2 fully saturated rings. The van der Waals surface area contributed by atoms with E-state index >= 15 is 0 Å². The van der Waals surface area contributed by atoms with Gasteiger partial charge in [0.15, 0.2) is 0 Å². The minimum absolute atomic E-state index is 0.231. The second-order valence-electron chi connectivity index (χ2n) is 8.31. The third-order valence-electron chi connectivity index (χ3n) is 5.77. The number of piperidine rings is 1. The molecule has 0 aromatic carbocycles. The summed E-state index contributed by atoms with van der Waals surface area (Å²) >= 11 is 0. The van der Waals surface area contributed by atoms with Crippen molar-refractivity contribution in [2.75, 3.05) is 29.9 Å². The number of hydrogen-bond donors (Lipinski definition) is 1. The zero-order chi connectivity index (χ0) is 19.3. The van der Waals surface area contributed by atoms with Crippen LogP contribution in [0.15, 0.2) is 24.8 Å². The van der Waals surface area contributed by atoms with E-state index in [1.165, 1.54) is 6.42 Å². The van der Waals surface area contributed by atoms with Crippen molar-refractivity contribution < 1.29 is 4.74 Å². The zero-order valence-corrected chi connectivity index (χ0v) is 16.9. The fraction of sp³-hybridized carbons (Fsp3) is 0.700. The molecule has 0 aliphatic carbocycles. The van der Waals surface area contributed by atoms with Crippen molar-refractivity contribution in [3.63, 3.8) is 0 Å². The van der Waals surface area contributed by atoms with Crippen molar-refractivity contribution in [2.24, 2.45) is 11.8 Å². The van der Waals surface area contributed by atoms with Gasteiger partial charge in [-0.2, -0.15) is 0 Å². The van der Waals surface area contributed by atoms with Crippen molar-refractivity contribution in [3.8, 4) is 0 Å². The van der Waals surface area contributed by atoms with Crippen molar-refractivity contribution >= 4 is 11.6 Å². The monoisotopic (exact) mass is 385 g/mol. The van der Waals surface area contributed by atoms with Gasteiger partial charge in [-0.1, -0.05) is 19.1 Å². The maximum Gasteiger partial charge on any atom is 0.134 e. The van der Waals surface area contributed by atoms with Crippen molar-refractivity contribution in [2.45, 2.75) is 58.2 Å². The van der Waals surface area contributed by atoms with E-state index in [0.717, 1.165) is 57.1 Å². The van der Waals surface area contributed by atoms with E-state index in [4.69, 9.17) is 4.74 Å². The lowest BCUT2D eigenvalue weighted by Gasteiger charge is -2.36. The predicted octanol–water partition coefficient (Wildman–Crippen LogP) is 2.60. The minimum Gasteiger partial charge on any atom is -0.376 e. The van der Waals surface area contributed by atoms with Crippen LogP contribution in [-0.4, -0.2) is 56.8 Å². The summed E-state index contributed by atoms with van der Waals surface area (Å²) in [6.07, 6.45) is 10.2. The van der Waals surface area contributed by atoms with Crippen LogP contribution in [0.4, 0.5) is 11.6 Å². The summed E-state index contributed by atoms with van der Waals surface area (Å²) in [6.45, 7) is 8.22. The van der Waals surface area contributed by atoms with Crippen LogP contribution in [0, 0.1) is 11.8 Å². The van der Waals surface area contributed by atoms with Crippen molar-refractivity contribution in [3.05, 3.63) is 24.8 Å². The van der Waals surface area contributed by atoms with Gasteiger partial charge in [0, 0.05) is 38.5 Å². The molecule has 2 aromatic heterocycles. The van der Waals surface area contributed by atoms with E-state index in [1.54, 1.807) is 12.5 Å². The van der Waals surface area contributed by atoms with Gasteiger partial charge in [0.05, 0.1) is 18.3 Å². The maximum absolute atomic E-state index is 6.01. The quantitative estimate of drug-likeness (QED) is 0.818. The molecule has 152 valence electrons. The molecule has 0 saturated carbocycles. The lowest BCUT2D eigenvalue weighted by molar-refractivity contribution is -0.0203. The molecule has 1 N–H and O–H groups in total. The highest BCUT2D eigenvalue weighted by atomic mass is 16.5. The zero-order valence-electron chi connectivity index (χ0n) is 16.9. The highest BCUT2D eigenvalue weighted by molar-refractivity contribution is 5.49. The molecule has 2 aromatic rings. The van der Waals surface area contributed by atoms with Gasteiger partial charge in [-0.05, 0) is 37.5 Å². The van der Waals surface area contributed by atoms with Gasteiger partial charge in [-0.15, -0.1) is 5.10 Å². The Labute approximate surface area is 166 Å². The summed E-state index contributed by atoms with van der Waals surface area (Å²) in [5, 5.41) is 11.6. The summed E-state index contributed by atoms with van der Waals surface area (Å²) in [4.78, 5) is 11.4. The first-order valence-corrected chi connectivity index (χ1v) is 10.5. The Morgan fingerprint density at radius 3 is 3.00 bits per heavy atom. The number of ether oxygens (including phenoxy) is 1. The number of rotatable bonds is 6. The molecule has 0 radical (unpaired) electrons. The number of nitrogens with one attached hydrogen (secondary N) is 1. The van der Waals surface area contributed by atoms with Gasteiger partial charge in [-0.3, -0.25) is 4.68 Å². The van der Waals surface area contributed by atoms with Crippen LogP contribution >= 0.6 is 0 Å². The number of hydrogen-bond acceptors (Lipinski definition) is 7. The summed E-state index contributed by atoms with van der Waals surface area (Å²) in [5.74, 6) is 2.93. The lowest BCUT2D eigenvalue weighted by Crippen LogP contribution is -2.43. The Kier molecular flexibility index (Phi) is 6.04. The average molecular weight is 386 g/mol. The molecule has 4 rings (SSSR count). The Morgan fingerprint density at radius 1 is 1.25 bits per heavy atom. The van der Waals surface area contributed by atoms with Gasteiger partial charge < -0.3 is 15.0 Å². The Morgan fingerprint density at radius 2 is 2.18 bits per heavy atom. The number of aromatic nitrogens is 5. The molecule has 4 heterocycles. The maximum atomic E-state index is 6.01. The smallest absolute Gasteiger partial charge is 0.134 e. The molecule has 0 amide bonds. The lowest BCUT2D eigenvalue weighted by atomic mass is 9.93. The SMILES string of the molecule is CC(C)C1OCCCC1Nc1cc(N2CCCC(Cn3ccnn3)C2)ncn1. The average Bonchev–Trinajstić information content (AvgIpc) is 3.22. The fourth-order valence-electron chi connectivity index (χ4n) is 4.42. The molecular weight excluding hydrogens is 354 g/mol. The largest absolute Gasteiger partial charge is 0.376 e. The van der Waals surface area contributed by atoms with Crippen LogP contribution in [0.2, 0.25) is 0 Å². The molecule has 28 heavy (non-hydrogen) atoms. The molecule has 8 nitrogen and oxygen atoms in total. The first-order valence-electron chi connectivity index (χ1n) is 10.5. The van der Waals surface area contributed by atoms with Gasteiger partial charge in [0.1, 0.15) is 18.0 Å². The fourth-order valence-corrected chi connectivity index (χ4v) is 4.42. The topological polar surface area (TPSA) is 81.0 Å². The molecule has 3 unspecified atom stereocenters. The Bertz CT molecular complexity index is 736. The third-order valence-corrected chi connectivity index (χ3v) is 5.77. The molecule has 0 spiro atoms. The number of anilines is 2. The van der Waals surface area contributed by atoms with Crippen LogP contribution < -0.4 is 10.2 Å². The van der Waals surface area contributed by atoms with Crippen molar-refractivity contribution in [1.82, 2.24) is 25.0 Å². The molecule has 3 atom stereocenters. The summed E-state index contributed by atoms with van der Waals surface area (Å²) in [7, 11) is 0. The van der Waals surface area contributed by atoms with Crippen LogP contribution in [0.1, 0.15) is 39.5 Å². The normalized spacial score (nSPS) is 25.8.